The van der Waals surface area contributed by atoms with Gasteiger partial charge in [-0.05, 0) is 32.4 Å². The van der Waals surface area contributed by atoms with E-state index in [0.29, 0.717) is 6.04 Å². The number of nitrogens with zero attached hydrogens (tertiary/aromatic N) is 1. The summed E-state index contributed by atoms with van der Waals surface area (Å²) in [4.78, 5) is 5.85. The van der Waals surface area contributed by atoms with Crippen molar-refractivity contribution in [1.82, 2.24) is 5.32 Å². The highest BCUT2D eigenvalue weighted by atomic mass is 35.5. The Hall–Kier alpha value is -0.190. The fraction of sp³-hybridized carbons (Fsp3) is 0.545. The molecule has 1 aromatic heterocycles. The Morgan fingerprint density at radius 1 is 1.56 bits per heavy atom. The minimum atomic E-state index is 0.286. The highest BCUT2D eigenvalue weighted by Crippen LogP contribution is 2.27. The molecule has 1 aromatic rings. The Labute approximate surface area is 109 Å². The summed E-state index contributed by atoms with van der Waals surface area (Å²) in [6, 6.07) is 4.75. The summed E-state index contributed by atoms with van der Waals surface area (Å²) in [6.45, 7) is 4.30. The largest absolute Gasteiger partial charge is 0.358 e. The second-order valence-electron chi connectivity index (χ2n) is 3.93. The van der Waals surface area contributed by atoms with E-state index in [1.165, 1.54) is 11.3 Å². The number of hydrogen-bond acceptors (Lipinski definition) is 4. The zero-order chi connectivity index (χ0) is 11.5. The average Bonchev–Trinajstić information content (AvgIpc) is 2.65. The van der Waals surface area contributed by atoms with Gasteiger partial charge < -0.3 is 5.32 Å². The van der Waals surface area contributed by atoms with Crippen LogP contribution < -0.4 is 5.32 Å². The predicted molar refractivity (Wildman–Crippen MR) is 74.9 cm³/mol. The standard InChI is InChI=1S/C11H15ClN2S2/c1-7-5-6-15-11(13-7)14-8(2)9-3-4-10(12)16-9/h3-4,7-8H,5-6H2,1-2H3,(H,13,14). The van der Waals surface area contributed by atoms with E-state index in [1.54, 1.807) is 11.3 Å². The van der Waals surface area contributed by atoms with E-state index in [2.05, 4.69) is 30.2 Å². The first-order valence-electron chi connectivity index (χ1n) is 5.37. The van der Waals surface area contributed by atoms with Crippen LogP contribution in [0.5, 0.6) is 0 Å². The molecule has 2 heterocycles. The molecule has 88 valence electrons. The molecule has 2 rings (SSSR count). The van der Waals surface area contributed by atoms with E-state index in [1.807, 2.05) is 17.8 Å². The van der Waals surface area contributed by atoms with Gasteiger partial charge in [-0.3, -0.25) is 4.99 Å². The van der Waals surface area contributed by atoms with Gasteiger partial charge in [-0.25, -0.2) is 0 Å². The normalized spacial score (nSPS) is 22.7. The lowest BCUT2D eigenvalue weighted by Crippen LogP contribution is -2.27. The third-order valence-corrected chi connectivity index (χ3v) is 4.82. The van der Waals surface area contributed by atoms with Gasteiger partial charge in [0.2, 0.25) is 0 Å². The zero-order valence-corrected chi connectivity index (χ0v) is 11.8. The van der Waals surface area contributed by atoms with Crippen molar-refractivity contribution in [3.05, 3.63) is 21.3 Å². The average molecular weight is 275 g/mol. The minimum absolute atomic E-state index is 0.286. The molecule has 1 aliphatic rings. The smallest absolute Gasteiger partial charge is 0.157 e. The summed E-state index contributed by atoms with van der Waals surface area (Å²) in [5, 5.41) is 4.51. The first-order valence-corrected chi connectivity index (χ1v) is 7.55. The molecule has 0 fully saturated rings. The van der Waals surface area contributed by atoms with Crippen molar-refractivity contribution in [2.75, 3.05) is 5.75 Å². The van der Waals surface area contributed by atoms with Gasteiger partial charge in [-0.1, -0.05) is 23.4 Å². The van der Waals surface area contributed by atoms with Crippen molar-refractivity contribution in [1.29, 1.82) is 0 Å². The van der Waals surface area contributed by atoms with Gasteiger partial charge in [0, 0.05) is 10.6 Å². The first-order chi connectivity index (χ1) is 7.65. The highest BCUT2D eigenvalue weighted by molar-refractivity contribution is 8.13. The van der Waals surface area contributed by atoms with Crippen LogP contribution in [0.1, 0.15) is 31.2 Å². The molecule has 0 saturated heterocycles. The Bertz CT molecular complexity index is 389. The maximum Gasteiger partial charge on any atom is 0.157 e. The Kier molecular flexibility index (Phi) is 4.16. The lowest BCUT2D eigenvalue weighted by Gasteiger charge is -2.20. The van der Waals surface area contributed by atoms with Crippen molar-refractivity contribution in [2.45, 2.75) is 32.4 Å². The molecule has 16 heavy (non-hydrogen) atoms. The van der Waals surface area contributed by atoms with Crippen molar-refractivity contribution in [2.24, 2.45) is 4.99 Å². The van der Waals surface area contributed by atoms with Crippen LogP contribution in [0.2, 0.25) is 4.34 Å². The molecule has 1 N–H and O–H groups in total. The molecule has 1 aliphatic heterocycles. The van der Waals surface area contributed by atoms with E-state index in [0.717, 1.165) is 15.3 Å². The first kappa shape index (κ1) is 12.3. The van der Waals surface area contributed by atoms with Crippen molar-refractivity contribution in [3.63, 3.8) is 0 Å². The number of thiophene rings is 1. The molecule has 0 radical (unpaired) electrons. The van der Waals surface area contributed by atoms with Crippen LogP contribution in [0.25, 0.3) is 0 Å². The second kappa shape index (κ2) is 5.43. The van der Waals surface area contributed by atoms with Gasteiger partial charge >= 0.3 is 0 Å². The van der Waals surface area contributed by atoms with E-state index in [9.17, 15) is 0 Å². The number of aliphatic imine (C=N–C) groups is 1. The molecule has 2 unspecified atom stereocenters. The fourth-order valence-electron chi connectivity index (χ4n) is 1.52. The SMILES string of the molecule is CC1CCSC(NC(C)c2ccc(Cl)s2)=N1. The number of amidine groups is 1. The van der Waals surface area contributed by atoms with Crippen LogP contribution in [0.15, 0.2) is 17.1 Å². The van der Waals surface area contributed by atoms with Gasteiger partial charge in [0.15, 0.2) is 5.17 Å². The van der Waals surface area contributed by atoms with Gasteiger partial charge in [0.05, 0.1) is 16.4 Å². The van der Waals surface area contributed by atoms with E-state index in [-0.39, 0.29) is 6.04 Å². The molecule has 0 spiro atoms. The summed E-state index contributed by atoms with van der Waals surface area (Å²) in [7, 11) is 0. The van der Waals surface area contributed by atoms with Crippen LogP contribution in [0, 0.1) is 0 Å². The number of nitrogens with one attached hydrogen (secondary N) is 1. The summed E-state index contributed by atoms with van der Waals surface area (Å²) < 4.78 is 0.843. The summed E-state index contributed by atoms with van der Waals surface area (Å²) >= 11 is 9.36. The van der Waals surface area contributed by atoms with Gasteiger partial charge in [0.25, 0.3) is 0 Å². The predicted octanol–water partition coefficient (Wildman–Crippen LogP) is 3.93. The molecule has 2 atom stereocenters. The van der Waals surface area contributed by atoms with E-state index >= 15 is 0 Å². The highest BCUT2D eigenvalue weighted by Gasteiger charge is 2.15. The van der Waals surface area contributed by atoms with Crippen LogP contribution in [0.3, 0.4) is 0 Å². The topological polar surface area (TPSA) is 24.4 Å². The number of hydrogen-bond donors (Lipinski definition) is 1. The second-order valence-corrected chi connectivity index (χ2v) is 6.76. The lowest BCUT2D eigenvalue weighted by atomic mass is 10.3. The number of thioether (sulfide) groups is 1. The Morgan fingerprint density at radius 3 is 3.00 bits per heavy atom. The molecule has 0 aliphatic carbocycles. The van der Waals surface area contributed by atoms with Gasteiger partial charge in [-0.15, -0.1) is 11.3 Å². The molecular formula is C11H15ClN2S2. The molecular weight excluding hydrogens is 260 g/mol. The third-order valence-electron chi connectivity index (χ3n) is 2.47. The van der Waals surface area contributed by atoms with E-state index in [4.69, 9.17) is 11.6 Å². The molecule has 0 aromatic carbocycles. The van der Waals surface area contributed by atoms with Gasteiger partial charge in [0.1, 0.15) is 0 Å². The molecule has 0 amide bonds. The maximum absolute atomic E-state index is 5.93. The lowest BCUT2D eigenvalue weighted by molar-refractivity contribution is 0.688. The van der Waals surface area contributed by atoms with Crippen LogP contribution >= 0.6 is 34.7 Å². The fourth-order valence-corrected chi connectivity index (χ4v) is 3.75. The van der Waals surface area contributed by atoms with Crippen molar-refractivity contribution < 1.29 is 0 Å². The Balaban J connectivity index is 1.99. The minimum Gasteiger partial charge on any atom is -0.358 e. The zero-order valence-electron chi connectivity index (χ0n) is 9.37. The number of halogens is 1. The quantitative estimate of drug-likeness (QED) is 0.884. The number of rotatable bonds is 2. The summed E-state index contributed by atoms with van der Waals surface area (Å²) in [5.41, 5.74) is 0. The Morgan fingerprint density at radius 2 is 2.38 bits per heavy atom. The molecule has 0 bridgehead atoms. The van der Waals surface area contributed by atoms with Crippen LogP contribution in [0.4, 0.5) is 0 Å². The third kappa shape index (κ3) is 3.15. The van der Waals surface area contributed by atoms with Crippen molar-refractivity contribution >= 4 is 39.9 Å². The maximum atomic E-state index is 5.93. The van der Waals surface area contributed by atoms with E-state index < -0.39 is 0 Å². The molecule has 5 heteroatoms. The van der Waals surface area contributed by atoms with Gasteiger partial charge in [-0.2, -0.15) is 0 Å². The van der Waals surface area contributed by atoms with Crippen LogP contribution in [-0.2, 0) is 0 Å². The summed E-state index contributed by atoms with van der Waals surface area (Å²) in [5.74, 6) is 1.16. The molecule has 2 nitrogen and oxygen atoms in total. The van der Waals surface area contributed by atoms with Crippen molar-refractivity contribution in [3.8, 4) is 0 Å². The van der Waals surface area contributed by atoms with Crippen LogP contribution in [-0.4, -0.2) is 17.0 Å². The monoisotopic (exact) mass is 274 g/mol. The summed E-state index contributed by atoms with van der Waals surface area (Å²) in [6.07, 6.45) is 1.18. The molecule has 0 saturated carbocycles.